The Bertz CT molecular complexity index is 577. The average molecular weight is 305 g/mol. The number of aliphatic carboxylic acids is 1. The van der Waals surface area contributed by atoms with Gasteiger partial charge in [-0.15, -0.1) is 0 Å². The molecule has 2 heterocycles. The van der Waals surface area contributed by atoms with Gasteiger partial charge in [-0.2, -0.15) is 5.10 Å². The predicted octanol–water partition coefficient (Wildman–Crippen LogP) is 2.25. The first-order chi connectivity index (χ1) is 10.6. The summed E-state index contributed by atoms with van der Waals surface area (Å²) in [7, 11) is 0. The second kappa shape index (κ2) is 6.10. The van der Waals surface area contributed by atoms with E-state index in [0.717, 1.165) is 44.3 Å². The van der Waals surface area contributed by atoms with Gasteiger partial charge in [-0.1, -0.05) is 0 Å². The normalized spacial score (nSPS) is 21.9. The Labute approximate surface area is 130 Å². The molecule has 2 aliphatic rings. The molecule has 22 heavy (non-hydrogen) atoms. The number of hydrogen-bond donors (Lipinski definition) is 1. The van der Waals surface area contributed by atoms with Crippen molar-refractivity contribution in [2.45, 2.75) is 64.0 Å². The average Bonchev–Trinajstić information content (AvgIpc) is 3.25. The SMILES string of the molecule is CCn1cc(C(=O)N2CCCCC2CC(=O)O)c(C2CC2)n1. The number of hydrogen-bond acceptors (Lipinski definition) is 3. The highest BCUT2D eigenvalue weighted by Gasteiger charge is 2.35. The van der Waals surface area contributed by atoms with E-state index in [1.807, 2.05) is 17.8 Å². The number of likely N-dealkylation sites (tertiary alicyclic amines) is 1. The highest BCUT2D eigenvalue weighted by Crippen LogP contribution is 2.41. The molecular weight excluding hydrogens is 282 g/mol. The number of nitrogens with zero attached hydrogens (tertiary/aromatic N) is 3. The van der Waals surface area contributed by atoms with E-state index < -0.39 is 5.97 Å². The largest absolute Gasteiger partial charge is 0.481 e. The summed E-state index contributed by atoms with van der Waals surface area (Å²) < 4.78 is 1.82. The fourth-order valence-corrected chi connectivity index (χ4v) is 3.26. The van der Waals surface area contributed by atoms with E-state index >= 15 is 0 Å². The molecule has 1 saturated carbocycles. The second-order valence-electron chi connectivity index (χ2n) is 6.30. The summed E-state index contributed by atoms with van der Waals surface area (Å²) in [6.45, 7) is 3.40. The number of aromatic nitrogens is 2. The fourth-order valence-electron chi connectivity index (χ4n) is 3.26. The van der Waals surface area contributed by atoms with Gasteiger partial charge in [0.25, 0.3) is 5.91 Å². The van der Waals surface area contributed by atoms with Crippen LogP contribution in [0.2, 0.25) is 0 Å². The maximum absolute atomic E-state index is 13.0. The number of carbonyl (C=O) groups is 2. The summed E-state index contributed by atoms with van der Waals surface area (Å²) in [6.07, 6.45) is 6.78. The number of carboxylic acid groups (broad SMARTS) is 1. The van der Waals surface area contributed by atoms with E-state index in [1.165, 1.54) is 0 Å². The zero-order valence-corrected chi connectivity index (χ0v) is 13.0. The molecule has 0 spiro atoms. The van der Waals surface area contributed by atoms with Gasteiger partial charge < -0.3 is 10.0 Å². The van der Waals surface area contributed by atoms with E-state index in [4.69, 9.17) is 5.11 Å². The van der Waals surface area contributed by atoms with Crippen LogP contribution in [0, 0.1) is 0 Å². The van der Waals surface area contributed by atoms with Gasteiger partial charge in [0.15, 0.2) is 0 Å². The van der Waals surface area contributed by atoms with Crippen molar-refractivity contribution in [3.63, 3.8) is 0 Å². The van der Waals surface area contributed by atoms with Crippen LogP contribution >= 0.6 is 0 Å². The lowest BCUT2D eigenvalue weighted by molar-refractivity contribution is -0.138. The summed E-state index contributed by atoms with van der Waals surface area (Å²) in [5, 5.41) is 13.6. The lowest BCUT2D eigenvalue weighted by Crippen LogP contribution is -2.44. The fraction of sp³-hybridized carbons (Fsp3) is 0.688. The highest BCUT2D eigenvalue weighted by molar-refractivity contribution is 5.96. The Balaban J connectivity index is 1.85. The predicted molar refractivity (Wildman–Crippen MR) is 80.8 cm³/mol. The van der Waals surface area contributed by atoms with Crippen molar-refractivity contribution in [2.24, 2.45) is 0 Å². The summed E-state index contributed by atoms with van der Waals surface area (Å²) in [5.74, 6) is -0.460. The van der Waals surface area contributed by atoms with Gasteiger partial charge in [-0.3, -0.25) is 14.3 Å². The molecule has 1 saturated heterocycles. The maximum Gasteiger partial charge on any atom is 0.305 e. The molecule has 1 atom stereocenters. The number of carboxylic acids is 1. The van der Waals surface area contributed by atoms with Gasteiger partial charge in [-0.05, 0) is 39.0 Å². The first-order valence-corrected chi connectivity index (χ1v) is 8.20. The second-order valence-corrected chi connectivity index (χ2v) is 6.30. The van der Waals surface area contributed by atoms with Crippen LogP contribution in [0.3, 0.4) is 0 Å². The molecule has 0 radical (unpaired) electrons. The molecule has 1 aromatic heterocycles. The standard InChI is InChI=1S/C16H23N3O3/c1-2-18-10-13(15(17-18)11-6-7-11)16(22)19-8-4-3-5-12(19)9-14(20)21/h10-12H,2-9H2,1H3,(H,20,21). The monoisotopic (exact) mass is 305 g/mol. The third-order valence-corrected chi connectivity index (χ3v) is 4.61. The highest BCUT2D eigenvalue weighted by atomic mass is 16.4. The van der Waals surface area contributed by atoms with E-state index in [2.05, 4.69) is 5.10 Å². The molecule has 1 unspecified atom stereocenters. The minimum Gasteiger partial charge on any atom is -0.481 e. The molecule has 2 fully saturated rings. The Hall–Kier alpha value is -1.85. The summed E-state index contributed by atoms with van der Waals surface area (Å²) >= 11 is 0. The lowest BCUT2D eigenvalue weighted by atomic mass is 9.98. The van der Waals surface area contributed by atoms with E-state index in [0.29, 0.717) is 18.0 Å². The molecule has 0 aromatic carbocycles. The summed E-state index contributed by atoms with van der Waals surface area (Å²) in [4.78, 5) is 25.8. The number of piperidine rings is 1. The number of carbonyl (C=O) groups excluding carboxylic acids is 1. The van der Waals surface area contributed by atoms with Crippen LogP contribution in [0.15, 0.2) is 6.20 Å². The molecule has 1 aromatic rings. The Kier molecular flexibility index (Phi) is 4.18. The summed E-state index contributed by atoms with van der Waals surface area (Å²) in [5.41, 5.74) is 1.59. The lowest BCUT2D eigenvalue weighted by Gasteiger charge is -2.35. The van der Waals surface area contributed by atoms with Crippen molar-refractivity contribution in [1.29, 1.82) is 0 Å². The first-order valence-electron chi connectivity index (χ1n) is 8.20. The molecule has 6 heteroatoms. The minimum absolute atomic E-state index is 0.0341. The number of rotatable bonds is 5. The third-order valence-electron chi connectivity index (χ3n) is 4.61. The Morgan fingerprint density at radius 3 is 2.73 bits per heavy atom. The van der Waals surface area contributed by atoms with Crippen LogP contribution in [0.4, 0.5) is 0 Å². The van der Waals surface area contributed by atoms with Crippen molar-refractivity contribution in [1.82, 2.24) is 14.7 Å². The van der Waals surface area contributed by atoms with Crippen molar-refractivity contribution >= 4 is 11.9 Å². The van der Waals surface area contributed by atoms with Crippen LogP contribution < -0.4 is 0 Å². The van der Waals surface area contributed by atoms with Crippen molar-refractivity contribution in [3.05, 3.63) is 17.5 Å². The van der Waals surface area contributed by atoms with E-state index in [1.54, 1.807) is 4.90 Å². The molecule has 1 N–H and O–H groups in total. The quantitative estimate of drug-likeness (QED) is 0.905. The maximum atomic E-state index is 13.0. The van der Waals surface area contributed by atoms with Gasteiger partial charge in [0.2, 0.25) is 0 Å². The number of aryl methyl sites for hydroxylation is 1. The zero-order chi connectivity index (χ0) is 15.7. The van der Waals surface area contributed by atoms with Crippen LogP contribution in [0.1, 0.15) is 67.4 Å². The van der Waals surface area contributed by atoms with Crippen molar-refractivity contribution in [3.8, 4) is 0 Å². The molecule has 1 amide bonds. The molecule has 3 rings (SSSR count). The van der Waals surface area contributed by atoms with Gasteiger partial charge in [-0.25, -0.2) is 0 Å². The van der Waals surface area contributed by atoms with Gasteiger partial charge in [0.1, 0.15) is 0 Å². The zero-order valence-electron chi connectivity index (χ0n) is 13.0. The molecular formula is C16H23N3O3. The summed E-state index contributed by atoms with van der Waals surface area (Å²) in [6, 6.07) is -0.184. The third kappa shape index (κ3) is 3.00. The molecule has 120 valence electrons. The van der Waals surface area contributed by atoms with Crippen LogP contribution in [-0.2, 0) is 11.3 Å². The molecule has 1 aliphatic heterocycles. The van der Waals surface area contributed by atoms with Crippen LogP contribution in [0.25, 0.3) is 0 Å². The van der Waals surface area contributed by atoms with Gasteiger partial charge in [0, 0.05) is 31.2 Å². The molecule has 1 aliphatic carbocycles. The van der Waals surface area contributed by atoms with E-state index in [-0.39, 0.29) is 18.4 Å². The van der Waals surface area contributed by atoms with Gasteiger partial charge in [0.05, 0.1) is 17.7 Å². The topological polar surface area (TPSA) is 75.4 Å². The smallest absolute Gasteiger partial charge is 0.305 e. The van der Waals surface area contributed by atoms with Crippen molar-refractivity contribution < 1.29 is 14.7 Å². The molecule has 6 nitrogen and oxygen atoms in total. The van der Waals surface area contributed by atoms with E-state index in [9.17, 15) is 9.59 Å². The van der Waals surface area contributed by atoms with Gasteiger partial charge >= 0.3 is 5.97 Å². The minimum atomic E-state index is -0.837. The Morgan fingerprint density at radius 2 is 2.09 bits per heavy atom. The Morgan fingerprint density at radius 1 is 1.32 bits per heavy atom. The first kappa shape index (κ1) is 15.1. The molecule has 0 bridgehead atoms. The van der Waals surface area contributed by atoms with Crippen LogP contribution in [0.5, 0.6) is 0 Å². The van der Waals surface area contributed by atoms with Crippen molar-refractivity contribution in [2.75, 3.05) is 6.54 Å². The van der Waals surface area contributed by atoms with Crippen LogP contribution in [-0.4, -0.2) is 44.3 Å². The number of amides is 1.